The molecule has 0 spiro atoms. The summed E-state index contributed by atoms with van der Waals surface area (Å²) in [6.45, 7) is 6.90. The zero-order chi connectivity index (χ0) is 13.6. The van der Waals surface area contributed by atoms with Gasteiger partial charge in [0, 0.05) is 13.0 Å². The molecular weight excluding hydrogens is 220 g/mol. The van der Waals surface area contributed by atoms with Crippen molar-refractivity contribution in [3.8, 4) is 6.07 Å². The highest BCUT2D eigenvalue weighted by Crippen LogP contribution is 2.18. The number of nitriles is 1. The van der Waals surface area contributed by atoms with E-state index in [2.05, 4.69) is 0 Å². The van der Waals surface area contributed by atoms with E-state index in [-0.39, 0.29) is 24.8 Å². The van der Waals surface area contributed by atoms with Crippen molar-refractivity contribution in [3.63, 3.8) is 0 Å². The lowest BCUT2D eigenvalue weighted by Gasteiger charge is -2.35. The molecule has 17 heavy (non-hydrogen) atoms. The summed E-state index contributed by atoms with van der Waals surface area (Å²) < 4.78 is 0. The van der Waals surface area contributed by atoms with Gasteiger partial charge in [-0.1, -0.05) is 13.8 Å². The van der Waals surface area contributed by atoms with Crippen molar-refractivity contribution in [1.82, 2.24) is 4.90 Å². The van der Waals surface area contributed by atoms with E-state index in [0.29, 0.717) is 6.42 Å². The van der Waals surface area contributed by atoms with Gasteiger partial charge in [0.1, 0.15) is 5.54 Å². The maximum absolute atomic E-state index is 12.0. The molecule has 0 aliphatic rings. The Balaban J connectivity index is 4.94. The molecule has 5 nitrogen and oxygen atoms in total. The highest BCUT2D eigenvalue weighted by molar-refractivity contribution is 5.86. The molecular formula is C12H20N2O3. The van der Waals surface area contributed by atoms with Crippen molar-refractivity contribution in [2.24, 2.45) is 5.92 Å². The zero-order valence-corrected chi connectivity index (χ0v) is 10.9. The van der Waals surface area contributed by atoms with Gasteiger partial charge < -0.3 is 10.0 Å². The predicted octanol–water partition coefficient (Wildman–Crippen LogP) is 1.64. The highest BCUT2D eigenvalue weighted by atomic mass is 16.4. The van der Waals surface area contributed by atoms with Crippen molar-refractivity contribution in [3.05, 3.63) is 0 Å². The topological polar surface area (TPSA) is 81.4 Å². The molecule has 0 aromatic carbocycles. The summed E-state index contributed by atoms with van der Waals surface area (Å²) in [7, 11) is 0. The fraction of sp³-hybridized carbons (Fsp3) is 0.750. The number of hydrogen-bond donors (Lipinski definition) is 1. The van der Waals surface area contributed by atoms with E-state index in [1.54, 1.807) is 0 Å². The van der Waals surface area contributed by atoms with E-state index < -0.39 is 11.5 Å². The van der Waals surface area contributed by atoms with Crippen LogP contribution in [0.2, 0.25) is 0 Å². The molecule has 0 aliphatic carbocycles. The summed E-state index contributed by atoms with van der Waals surface area (Å²) >= 11 is 0. The van der Waals surface area contributed by atoms with E-state index in [1.165, 1.54) is 18.7 Å². The van der Waals surface area contributed by atoms with Gasteiger partial charge in [-0.25, -0.2) is 4.79 Å². The average Bonchev–Trinajstić information content (AvgIpc) is 2.16. The molecule has 0 saturated heterocycles. The number of amides is 1. The zero-order valence-electron chi connectivity index (χ0n) is 10.9. The molecule has 0 radical (unpaired) electrons. The van der Waals surface area contributed by atoms with Gasteiger partial charge in [0.05, 0.1) is 12.5 Å². The van der Waals surface area contributed by atoms with Gasteiger partial charge in [-0.2, -0.15) is 5.26 Å². The van der Waals surface area contributed by atoms with Crippen LogP contribution in [-0.2, 0) is 9.59 Å². The number of carbonyl (C=O) groups excluding carboxylic acids is 1. The third-order valence-electron chi connectivity index (χ3n) is 2.53. The number of carboxylic acids is 1. The van der Waals surface area contributed by atoms with Gasteiger partial charge in [0.15, 0.2) is 0 Å². The molecule has 0 aromatic heterocycles. The third-order valence-corrected chi connectivity index (χ3v) is 2.53. The van der Waals surface area contributed by atoms with Crippen LogP contribution in [0.1, 0.15) is 40.5 Å². The monoisotopic (exact) mass is 240 g/mol. The summed E-state index contributed by atoms with van der Waals surface area (Å²) in [4.78, 5) is 24.4. The van der Waals surface area contributed by atoms with Crippen LogP contribution in [0, 0.1) is 17.2 Å². The van der Waals surface area contributed by atoms with Gasteiger partial charge in [-0.15, -0.1) is 0 Å². The van der Waals surface area contributed by atoms with Crippen LogP contribution in [0.4, 0.5) is 0 Å². The minimum Gasteiger partial charge on any atom is -0.480 e. The Morgan fingerprint density at radius 2 is 1.94 bits per heavy atom. The SMILES string of the molecule is CC(C)CC(=O)N(CCC#N)C(C)(C)C(=O)O. The molecule has 96 valence electrons. The maximum atomic E-state index is 12.0. The minimum absolute atomic E-state index is 0.139. The smallest absolute Gasteiger partial charge is 0.329 e. The fourth-order valence-corrected chi connectivity index (χ4v) is 1.45. The molecule has 5 heteroatoms. The third kappa shape index (κ3) is 4.43. The van der Waals surface area contributed by atoms with Gasteiger partial charge in [0.2, 0.25) is 5.91 Å². The molecule has 0 saturated carbocycles. The molecule has 0 aliphatic heterocycles. The van der Waals surface area contributed by atoms with Crippen LogP contribution >= 0.6 is 0 Å². The number of carboxylic acid groups (broad SMARTS) is 1. The predicted molar refractivity (Wildman–Crippen MR) is 63.1 cm³/mol. The Labute approximate surface area is 102 Å². The van der Waals surface area contributed by atoms with E-state index in [1.807, 2.05) is 19.9 Å². The Bertz CT molecular complexity index is 329. The van der Waals surface area contributed by atoms with Crippen molar-refractivity contribution >= 4 is 11.9 Å². The van der Waals surface area contributed by atoms with Gasteiger partial charge in [-0.3, -0.25) is 4.79 Å². The van der Waals surface area contributed by atoms with Crippen LogP contribution in [0.3, 0.4) is 0 Å². The second kappa shape index (κ2) is 6.24. The normalized spacial score (nSPS) is 11.1. The first-order valence-electron chi connectivity index (χ1n) is 5.64. The second-order valence-electron chi connectivity index (χ2n) is 4.92. The number of carbonyl (C=O) groups is 2. The Morgan fingerprint density at radius 1 is 1.41 bits per heavy atom. The lowest BCUT2D eigenvalue weighted by atomic mass is 10.0. The Morgan fingerprint density at radius 3 is 2.29 bits per heavy atom. The molecule has 0 fully saturated rings. The number of hydrogen-bond acceptors (Lipinski definition) is 3. The summed E-state index contributed by atoms with van der Waals surface area (Å²) in [6, 6.07) is 1.93. The first-order chi connectivity index (χ1) is 7.73. The molecule has 0 unspecified atom stereocenters. The van der Waals surface area contributed by atoms with Crippen molar-refractivity contribution in [2.75, 3.05) is 6.54 Å². The maximum Gasteiger partial charge on any atom is 0.329 e. The lowest BCUT2D eigenvalue weighted by Crippen LogP contribution is -2.53. The summed E-state index contributed by atoms with van der Waals surface area (Å²) in [5, 5.41) is 17.7. The Hall–Kier alpha value is -1.57. The number of rotatable bonds is 6. The van der Waals surface area contributed by atoms with E-state index in [0.717, 1.165) is 0 Å². The van der Waals surface area contributed by atoms with E-state index in [9.17, 15) is 9.59 Å². The largest absolute Gasteiger partial charge is 0.480 e. The molecule has 0 bridgehead atoms. The number of aliphatic carboxylic acids is 1. The first kappa shape index (κ1) is 15.4. The average molecular weight is 240 g/mol. The van der Waals surface area contributed by atoms with E-state index in [4.69, 9.17) is 10.4 Å². The van der Waals surface area contributed by atoms with Gasteiger partial charge in [-0.05, 0) is 19.8 Å². The molecule has 0 atom stereocenters. The molecule has 0 rings (SSSR count). The van der Waals surface area contributed by atoms with Gasteiger partial charge >= 0.3 is 5.97 Å². The highest BCUT2D eigenvalue weighted by Gasteiger charge is 2.37. The second-order valence-corrected chi connectivity index (χ2v) is 4.92. The van der Waals surface area contributed by atoms with Crippen LogP contribution in [0.25, 0.3) is 0 Å². The first-order valence-corrected chi connectivity index (χ1v) is 5.64. The van der Waals surface area contributed by atoms with E-state index >= 15 is 0 Å². The summed E-state index contributed by atoms with van der Waals surface area (Å²) in [5.74, 6) is -1.12. The molecule has 1 N–H and O–H groups in total. The quantitative estimate of drug-likeness (QED) is 0.765. The Kier molecular flexibility index (Phi) is 5.66. The molecule has 1 amide bonds. The van der Waals surface area contributed by atoms with Crippen LogP contribution < -0.4 is 0 Å². The fourth-order valence-electron chi connectivity index (χ4n) is 1.45. The standard InChI is InChI=1S/C12H20N2O3/c1-9(2)8-10(15)14(7-5-6-13)12(3,4)11(16)17/h9H,5,7-8H2,1-4H3,(H,16,17). The van der Waals surface area contributed by atoms with Gasteiger partial charge in [0.25, 0.3) is 0 Å². The molecule has 0 aromatic rings. The minimum atomic E-state index is -1.27. The van der Waals surface area contributed by atoms with Crippen LogP contribution in [0.5, 0.6) is 0 Å². The summed E-state index contributed by atoms with van der Waals surface area (Å²) in [5.41, 5.74) is -1.27. The lowest BCUT2D eigenvalue weighted by molar-refractivity contribution is -0.157. The van der Waals surface area contributed by atoms with Crippen molar-refractivity contribution in [2.45, 2.75) is 46.1 Å². The summed E-state index contributed by atoms with van der Waals surface area (Å²) in [6.07, 6.45) is 0.433. The van der Waals surface area contributed by atoms with Crippen molar-refractivity contribution < 1.29 is 14.7 Å². The van der Waals surface area contributed by atoms with Crippen LogP contribution in [-0.4, -0.2) is 34.0 Å². The van der Waals surface area contributed by atoms with Crippen LogP contribution in [0.15, 0.2) is 0 Å². The van der Waals surface area contributed by atoms with Crippen molar-refractivity contribution in [1.29, 1.82) is 5.26 Å². The number of nitrogens with zero attached hydrogens (tertiary/aromatic N) is 2. The molecule has 0 heterocycles.